The fraction of sp³-hybridized carbons (Fsp3) is 0.538. The van der Waals surface area contributed by atoms with Crippen LogP contribution in [0.3, 0.4) is 0 Å². The van der Waals surface area contributed by atoms with Crippen molar-refractivity contribution in [3.8, 4) is 0 Å². The number of nitrogens with zero attached hydrogens (tertiary/aromatic N) is 1. The molecule has 1 fully saturated rings. The first-order valence-electron chi connectivity index (χ1n) is 6.25. The van der Waals surface area contributed by atoms with Gasteiger partial charge in [-0.15, -0.1) is 0 Å². The average Bonchev–Trinajstić information content (AvgIpc) is 2.81. The number of amides is 1. The van der Waals surface area contributed by atoms with E-state index in [1.807, 2.05) is 6.92 Å². The fourth-order valence-electron chi connectivity index (χ4n) is 2.07. The van der Waals surface area contributed by atoms with Crippen molar-refractivity contribution in [1.82, 2.24) is 10.3 Å². The SMILES string of the molecule is Cc1cc(N)c(C(=O)NCCC2CCOC2)cn1. The molecule has 0 spiro atoms. The van der Waals surface area contributed by atoms with Crippen LogP contribution < -0.4 is 11.1 Å². The molecule has 1 saturated heterocycles. The van der Waals surface area contributed by atoms with E-state index >= 15 is 0 Å². The van der Waals surface area contributed by atoms with E-state index in [0.29, 0.717) is 23.7 Å². The maximum absolute atomic E-state index is 11.9. The van der Waals surface area contributed by atoms with Crippen LogP contribution in [0.4, 0.5) is 5.69 Å². The molecule has 1 aliphatic rings. The number of nitrogens with two attached hydrogens (primary N) is 1. The van der Waals surface area contributed by atoms with E-state index in [2.05, 4.69) is 10.3 Å². The number of ether oxygens (including phenoxy) is 1. The van der Waals surface area contributed by atoms with Gasteiger partial charge in [0.05, 0.1) is 5.56 Å². The monoisotopic (exact) mass is 249 g/mol. The summed E-state index contributed by atoms with van der Waals surface area (Å²) in [6, 6.07) is 1.71. The van der Waals surface area contributed by atoms with Crippen molar-refractivity contribution in [3.63, 3.8) is 0 Å². The van der Waals surface area contributed by atoms with E-state index in [0.717, 1.165) is 31.7 Å². The number of rotatable bonds is 4. The minimum absolute atomic E-state index is 0.154. The number of aryl methyl sites for hydroxylation is 1. The lowest BCUT2D eigenvalue weighted by atomic mass is 10.1. The Morgan fingerprint density at radius 3 is 3.17 bits per heavy atom. The van der Waals surface area contributed by atoms with E-state index in [-0.39, 0.29) is 5.91 Å². The fourth-order valence-corrected chi connectivity index (χ4v) is 2.07. The number of hydrogen-bond donors (Lipinski definition) is 2. The molecular formula is C13H19N3O2. The molecule has 2 heterocycles. The number of carbonyl (C=O) groups excluding carboxylic acids is 1. The van der Waals surface area contributed by atoms with E-state index < -0.39 is 0 Å². The molecule has 1 unspecified atom stereocenters. The lowest BCUT2D eigenvalue weighted by Gasteiger charge is -2.10. The molecule has 0 saturated carbocycles. The van der Waals surface area contributed by atoms with Gasteiger partial charge in [0.1, 0.15) is 0 Å². The molecule has 5 nitrogen and oxygen atoms in total. The van der Waals surface area contributed by atoms with Crippen LogP contribution in [-0.4, -0.2) is 30.6 Å². The highest BCUT2D eigenvalue weighted by atomic mass is 16.5. The van der Waals surface area contributed by atoms with Crippen LogP contribution in [0.25, 0.3) is 0 Å². The summed E-state index contributed by atoms with van der Waals surface area (Å²) in [4.78, 5) is 16.0. The molecule has 18 heavy (non-hydrogen) atoms. The molecular weight excluding hydrogens is 230 g/mol. The van der Waals surface area contributed by atoms with E-state index in [1.165, 1.54) is 6.20 Å². The second kappa shape index (κ2) is 5.82. The smallest absolute Gasteiger partial charge is 0.254 e. The minimum Gasteiger partial charge on any atom is -0.398 e. The third-order valence-corrected chi connectivity index (χ3v) is 3.18. The third-order valence-electron chi connectivity index (χ3n) is 3.18. The molecule has 1 amide bonds. The van der Waals surface area contributed by atoms with Gasteiger partial charge in [-0.05, 0) is 31.7 Å². The van der Waals surface area contributed by atoms with Crippen LogP contribution in [0.2, 0.25) is 0 Å². The normalized spacial score (nSPS) is 18.8. The number of anilines is 1. The Morgan fingerprint density at radius 2 is 2.50 bits per heavy atom. The van der Waals surface area contributed by atoms with Crippen LogP contribution in [0, 0.1) is 12.8 Å². The molecule has 0 bridgehead atoms. The van der Waals surface area contributed by atoms with Crippen molar-refractivity contribution in [2.24, 2.45) is 5.92 Å². The maximum Gasteiger partial charge on any atom is 0.254 e. The van der Waals surface area contributed by atoms with Crippen molar-refractivity contribution < 1.29 is 9.53 Å². The molecule has 1 aromatic rings. The quantitative estimate of drug-likeness (QED) is 0.838. The van der Waals surface area contributed by atoms with Gasteiger partial charge in [0, 0.05) is 37.3 Å². The Bertz CT molecular complexity index is 428. The van der Waals surface area contributed by atoms with Crippen LogP contribution in [0.5, 0.6) is 0 Å². The predicted octanol–water partition coefficient (Wildman–Crippen LogP) is 1.13. The summed E-state index contributed by atoms with van der Waals surface area (Å²) in [6.45, 7) is 4.15. The van der Waals surface area contributed by atoms with Crippen LogP contribution >= 0.6 is 0 Å². The number of aromatic nitrogens is 1. The molecule has 98 valence electrons. The van der Waals surface area contributed by atoms with Crippen LogP contribution in [0.1, 0.15) is 28.9 Å². The summed E-state index contributed by atoms with van der Waals surface area (Å²) in [5, 5.41) is 2.87. The standard InChI is InChI=1S/C13H19N3O2/c1-9-6-12(14)11(7-16-9)13(17)15-4-2-10-3-5-18-8-10/h6-7,10H,2-5,8H2,1H3,(H2,14,16)(H,15,17). The molecule has 1 aromatic heterocycles. The van der Waals surface area contributed by atoms with Gasteiger partial charge in [0.15, 0.2) is 0 Å². The molecule has 1 aliphatic heterocycles. The van der Waals surface area contributed by atoms with Crippen LogP contribution in [0.15, 0.2) is 12.3 Å². The molecule has 5 heteroatoms. The Kier molecular flexibility index (Phi) is 4.15. The maximum atomic E-state index is 11.9. The highest BCUT2D eigenvalue weighted by molar-refractivity contribution is 5.98. The van der Waals surface area contributed by atoms with Crippen molar-refractivity contribution >= 4 is 11.6 Å². The highest BCUT2D eigenvalue weighted by Crippen LogP contribution is 2.15. The van der Waals surface area contributed by atoms with Gasteiger partial charge in [0.2, 0.25) is 0 Å². The molecule has 0 radical (unpaired) electrons. The van der Waals surface area contributed by atoms with Gasteiger partial charge in [-0.2, -0.15) is 0 Å². The first kappa shape index (κ1) is 12.8. The Labute approximate surface area is 107 Å². The second-order valence-corrected chi connectivity index (χ2v) is 4.69. The molecule has 0 aliphatic carbocycles. The van der Waals surface area contributed by atoms with Gasteiger partial charge in [-0.1, -0.05) is 0 Å². The Morgan fingerprint density at radius 1 is 1.67 bits per heavy atom. The summed E-state index contributed by atoms with van der Waals surface area (Å²) in [5.74, 6) is 0.415. The third kappa shape index (κ3) is 3.20. The van der Waals surface area contributed by atoms with Gasteiger partial charge in [0.25, 0.3) is 5.91 Å². The number of hydrogen-bond acceptors (Lipinski definition) is 4. The predicted molar refractivity (Wildman–Crippen MR) is 69.3 cm³/mol. The molecule has 3 N–H and O–H groups in total. The van der Waals surface area contributed by atoms with E-state index in [1.54, 1.807) is 6.07 Å². The summed E-state index contributed by atoms with van der Waals surface area (Å²) in [7, 11) is 0. The van der Waals surface area contributed by atoms with Gasteiger partial charge in [-0.3, -0.25) is 9.78 Å². The number of carbonyl (C=O) groups is 1. The van der Waals surface area contributed by atoms with E-state index in [4.69, 9.17) is 10.5 Å². The Hall–Kier alpha value is -1.62. The van der Waals surface area contributed by atoms with Gasteiger partial charge in [-0.25, -0.2) is 0 Å². The lowest BCUT2D eigenvalue weighted by Crippen LogP contribution is -2.27. The van der Waals surface area contributed by atoms with E-state index in [9.17, 15) is 4.79 Å². The zero-order valence-corrected chi connectivity index (χ0v) is 10.6. The van der Waals surface area contributed by atoms with Crippen molar-refractivity contribution in [3.05, 3.63) is 23.5 Å². The van der Waals surface area contributed by atoms with Crippen molar-refractivity contribution in [2.75, 3.05) is 25.5 Å². The van der Waals surface area contributed by atoms with Crippen molar-refractivity contribution in [1.29, 1.82) is 0 Å². The number of pyridine rings is 1. The first-order valence-corrected chi connectivity index (χ1v) is 6.25. The van der Waals surface area contributed by atoms with Crippen molar-refractivity contribution in [2.45, 2.75) is 19.8 Å². The molecule has 2 rings (SSSR count). The summed E-state index contributed by atoms with van der Waals surface area (Å²) < 4.78 is 5.29. The lowest BCUT2D eigenvalue weighted by molar-refractivity contribution is 0.0951. The van der Waals surface area contributed by atoms with Gasteiger partial charge < -0.3 is 15.8 Å². The zero-order chi connectivity index (χ0) is 13.0. The average molecular weight is 249 g/mol. The second-order valence-electron chi connectivity index (χ2n) is 4.69. The number of nitrogens with one attached hydrogen (secondary N) is 1. The van der Waals surface area contributed by atoms with Crippen LogP contribution in [-0.2, 0) is 4.74 Å². The van der Waals surface area contributed by atoms with Gasteiger partial charge >= 0.3 is 0 Å². The minimum atomic E-state index is -0.154. The first-order chi connectivity index (χ1) is 8.66. The topological polar surface area (TPSA) is 77.2 Å². The summed E-state index contributed by atoms with van der Waals surface area (Å²) >= 11 is 0. The number of nitrogen functional groups attached to an aromatic ring is 1. The highest BCUT2D eigenvalue weighted by Gasteiger charge is 2.16. The summed E-state index contributed by atoms with van der Waals surface area (Å²) in [6.07, 6.45) is 3.56. The zero-order valence-electron chi connectivity index (χ0n) is 10.6. The molecule has 0 aromatic carbocycles. The summed E-state index contributed by atoms with van der Waals surface area (Å²) in [5.41, 5.74) is 7.53. The largest absolute Gasteiger partial charge is 0.398 e. The Balaban J connectivity index is 1.83. The molecule has 1 atom stereocenters.